The van der Waals surface area contributed by atoms with Gasteiger partial charge in [0.25, 0.3) is 11.6 Å². The maximum Gasteiger partial charge on any atom is 0.262 e. The lowest BCUT2D eigenvalue weighted by Crippen LogP contribution is -3.00. The molecule has 4 aromatic rings. The summed E-state index contributed by atoms with van der Waals surface area (Å²) in [5.74, 6) is 0.925. The van der Waals surface area contributed by atoms with Gasteiger partial charge in [0.05, 0.1) is 22.3 Å². The number of rotatable bonds is 24. The molecule has 0 radical (unpaired) electrons. The van der Waals surface area contributed by atoms with Crippen LogP contribution in [-0.4, -0.2) is 11.6 Å². The molecule has 4 heterocycles. The van der Waals surface area contributed by atoms with Crippen LogP contribution in [0.25, 0.3) is 0 Å². The number of furan rings is 2. The largest absolute Gasteiger partial charge is 1.00 e. The molecule has 10 heteroatoms. The fourth-order valence-electron chi connectivity index (χ4n) is 5.40. The molecule has 0 N–H and O–H groups in total. The Morgan fingerprint density at radius 1 is 0.562 bits per heavy atom. The van der Waals surface area contributed by atoms with E-state index in [2.05, 4.69) is 26.2 Å². The molecular weight excluding hydrogens is 772 g/mol. The van der Waals surface area contributed by atoms with Crippen molar-refractivity contribution in [2.75, 3.05) is 0 Å². The van der Waals surface area contributed by atoms with Crippen LogP contribution in [-0.2, 0) is 25.9 Å². The lowest BCUT2D eigenvalue weighted by atomic mass is 10.1. The third kappa shape index (κ3) is 18.8. The number of aromatic nitrogens is 2. The van der Waals surface area contributed by atoms with E-state index < -0.39 is 0 Å². The van der Waals surface area contributed by atoms with Gasteiger partial charge in [-0.15, -0.1) is 0 Å². The Labute approximate surface area is 317 Å². The summed E-state index contributed by atoms with van der Waals surface area (Å²) < 4.78 is 14.2. The number of Topliss-reactive ketones (excluding diaryl/α,β-unsaturated/α-hetero) is 2. The van der Waals surface area contributed by atoms with E-state index in [1.54, 1.807) is 59.5 Å². The third-order valence-corrected chi connectivity index (χ3v) is 10.1. The number of halogens is 2. The SMILES string of the molecule is CCCCCCCCCCc1c[n+](CC(=O)c2ccco2)cs1.CCCCCCCCCCc1c[n+](CC(=O)c2ccco2)cs1.[Br-].[Br-]. The minimum atomic E-state index is 0. The van der Waals surface area contributed by atoms with Gasteiger partial charge >= 0.3 is 0 Å². The molecule has 0 aliphatic rings. The van der Waals surface area contributed by atoms with Gasteiger partial charge in [0.1, 0.15) is 0 Å². The highest BCUT2D eigenvalue weighted by Gasteiger charge is 2.17. The third-order valence-electron chi connectivity index (χ3n) is 8.10. The second-order valence-corrected chi connectivity index (χ2v) is 14.2. The smallest absolute Gasteiger partial charge is 0.262 e. The molecule has 0 unspecified atom stereocenters. The van der Waals surface area contributed by atoms with Crippen LogP contribution >= 0.6 is 22.7 Å². The van der Waals surface area contributed by atoms with Crippen LogP contribution in [0, 0.1) is 0 Å². The van der Waals surface area contributed by atoms with Crippen molar-refractivity contribution >= 4 is 34.2 Å². The number of hydrogen-bond acceptors (Lipinski definition) is 6. The second-order valence-electron chi connectivity index (χ2n) is 12.2. The van der Waals surface area contributed by atoms with E-state index in [0.29, 0.717) is 24.6 Å². The minimum Gasteiger partial charge on any atom is -1.00 e. The van der Waals surface area contributed by atoms with Crippen molar-refractivity contribution in [3.05, 3.63) is 81.5 Å². The highest BCUT2D eigenvalue weighted by Crippen LogP contribution is 2.15. The fraction of sp³-hybridized carbons (Fsp3) is 0.579. The Bertz CT molecular complexity index is 1230. The molecule has 0 amide bonds. The van der Waals surface area contributed by atoms with Crippen LogP contribution in [0.5, 0.6) is 0 Å². The number of aryl methyl sites for hydroxylation is 2. The van der Waals surface area contributed by atoms with Gasteiger partial charge in [-0.1, -0.05) is 126 Å². The summed E-state index contributed by atoms with van der Waals surface area (Å²) in [5.41, 5.74) is 4.06. The van der Waals surface area contributed by atoms with E-state index in [0.717, 1.165) is 12.8 Å². The lowest BCUT2D eigenvalue weighted by molar-refractivity contribution is -0.678. The second kappa shape index (κ2) is 27.9. The molecule has 0 spiro atoms. The number of carbonyl (C=O) groups excluding carboxylic acids is 2. The number of nitrogens with zero attached hydrogens (tertiary/aromatic N) is 2. The van der Waals surface area contributed by atoms with Gasteiger partial charge in [-0.2, -0.15) is 9.13 Å². The van der Waals surface area contributed by atoms with Crippen molar-refractivity contribution in [3.8, 4) is 0 Å². The first-order valence-electron chi connectivity index (χ1n) is 17.6. The van der Waals surface area contributed by atoms with E-state index in [-0.39, 0.29) is 45.5 Å². The van der Waals surface area contributed by atoms with Gasteiger partial charge in [-0.05, 0) is 49.9 Å². The van der Waals surface area contributed by atoms with Crippen molar-refractivity contribution in [2.24, 2.45) is 0 Å². The van der Waals surface area contributed by atoms with Crippen molar-refractivity contribution in [1.29, 1.82) is 0 Å². The monoisotopic (exact) mass is 826 g/mol. The summed E-state index contributed by atoms with van der Waals surface area (Å²) in [4.78, 5) is 26.7. The van der Waals surface area contributed by atoms with Crippen LogP contribution < -0.4 is 43.1 Å². The van der Waals surface area contributed by atoms with Crippen molar-refractivity contribution in [2.45, 2.75) is 143 Å². The van der Waals surface area contributed by atoms with Crippen LogP contribution in [0.1, 0.15) is 147 Å². The fourth-order valence-corrected chi connectivity index (χ4v) is 7.13. The van der Waals surface area contributed by atoms with Crippen LogP contribution in [0.15, 0.2) is 69.0 Å². The van der Waals surface area contributed by atoms with Gasteiger partial charge in [0.15, 0.2) is 23.9 Å². The Hall–Kier alpha value is -1.88. The first-order valence-corrected chi connectivity index (χ1v) is 19.4. The highest BCUT2D eigenvalue weighted by molar-refractivity contribution is 7.09. The molecular formula is C38H56Br2N2O4S2. The molecule has 0 saturated carbocycles. The van der Waals surface area contributed by atoms with E-state index in [4.69, 9.17) is 8.83 Å². The Kier molecular flexibility index (Phi) is 25.6. The zero-order chi connectivity index (χ0) is 32.7. The Balaban J connectivity index is 0.000000461. The average molecular weight is 829 g/mol. The van der Waals surface area contributed by atoms with Gasteiger partial charge < -0.3 is 42.8 Å². The first-order chi connectivity index (χ1) is 22.6. The van der Waals surface area contributed by atoms with Crippen molar-refractivity contribution in [3.63, 3.8) is 0 Å². The average Bonchev–Trinajstić information content (AvgIpc) is 3.89. The normalized spacial score (nSPS) is 10.5. The Morgan fingerprint density at radius 2 is 0.917 bits per heavy atom. The maximum atomic E-state index is 12.0. The zero-order valence-electron chi connectivity index (χ0n) is 29.0. The Morgan fingerprint density at radius 3 is 1.25 bits per heavy atom. The number of hydrogen-bond donors (Lipinski definition) is 0. The predicted molar refractivity (Wildman–Crippen MR) is 188 cm³/mol. The van der Waals surface area contributed by atoms with Gasteiger partial charge in [-0.25, -0.2) is 0 Å². The predicted octanol–water partition coefficient (Wildman–Crippen LogP) is 4.40. The molecule has 4 aromatic heterocycles. The topological polar surface area (TPSA) is 68.2 Å². The van der Waals surface area contributed by atoms with E-state index in [9.17, 15) is 9.59 Å². The summed E-state index contributed by atoms with van der Waals surface area (Å²) in [6, 6.07) is 6.94. The molecule has 0 fully saturated rings. The van der Waals surface area contributed by atoms with Crippen LogP contribution in [0.3, 0.4) is 0 Å². The molecule has 6 nitrogen and oxygen atoms in total. The molecule has 0 aliphatic heterocycles. The molecule has 268 valence electrons. The number of ketones is 2. The van der Waals surface area contributed by atoms with Crippen molar-refractivity contribution < 1.29 is 61.5 Å². The quantitative estimate of drug-likeness (QED) is 0.0598. The van der Waals surface area contributed by atoms with Crippen LogP contribution in [0.4, 0.5) is 0 Å². The number of carbonyl (C=O) groups is 2. The molecule has 0 saturated heterocycles. The van der Waals surface area contributed by atoms with E-state index in [1.165, 1.54) is 112 Å². The number of unbranched alkanes of at least 4 members (excludes halogenated alkanes) is 14. The summed E-state index contributed by atoms with van der Waals surface area (Å²) in [5, 5.41) is 0. The van der Waals surface area contributed by atoms with E-state index >= 15 is 0 Å². The molecule has 4 rings (SSSR count). The van der Waals surface area contributed by atoms with E-state index in [1.807, 2.05) is 20.2 Å². The lowest BCUT2D eigenvalue weighted by Gasteiger charge is -2.00. The summed E-state index contributed by atoms with van der Waals surface area (Å²) in [6.45, 7) is 5.24. The zero-order valence-corrected chi connectivity index (χ0v) is 33.8. The number of thiazole rings is 2. The molecule has 0 aromatic carbocycles. The summed E-state index contributed by atoms with van der Waals surface area (Å²) >= 11 is 3.49. The summed E-state index contributed by atoms with van der Waals surface area (Å²) in [7, 11) is 0. The molecule has 48 heavy (non-hydrogen) atoms. The standard InChI is InChI=1S/2C19H28NO2S.2BrH/c2*1-2-3-4-5-6-7-8-9-11-17-14-20(16-23-17)15-18(21)19-12-10-13-22-19;;/h2*10,12-14,16H,2-9,11,15H2,1H3;2*1H/q2*+1;;/p-2. The molecule has 0 aliphatic carbocycles. The molecule has 0 atom stereocenters. The van der Waals surface area contributed by atoms with Gasteiger partial charge in [0, 0.05) is 0 Å². The highest BCUT2D eigenvalue weighted by atomic mass is 79.9. The van der Waals surface area contributed by atoms with Gasteiger partial charge in [0.2, 0.25) is 24.1 Å². The maximum absolute atomic E-state index is 12.0. The van der Waals surface area contributed by atoms with Crippen LogP contribution in [0.2, 0.25) is 0 Å². The van der Waals surface area contributed by atoms with Gasteiger partial charge in [-0.3, -0.25) is 9.59 Å². The molecule has 0 bridgehead atoms. The first kappa shape index (κ1) is 44.1. The summed E-state index contributed by atoms with van der Waals surface area (Å²) in [6.07, 6.45) is 31.1. The van der Waals surface area contributed by atoms with Crippen molar-refractivity contribution in [1.82, 2.24) is 0 Å². The minimum absolute atomic E-state index is 0.